The predicted molar refractivity (Wildman–Crippen MR) is 224 cm³/mol. The Labute approximate surface area is 307 Å². The van der Waals surface area contributed by atoms with Crippen LogP contribution in [0.25, 0.3) is 93.6 Å². The van der Waals surface area contributed by atoms with Crippen LogP contribution in [0, 0.1) is 13.8 Å². The molecule has 0 unspecified atom stereocenters. The van der Waals surface area contributed by atoms with Gasteiger partial charge in [0.15, 0.2) is 0 Å². The Morgan fingerprint density at radius 2 is 0.623 bits per heavy atom. The monoisotopic (exact) mass is 677 g/mol. The first-order valence-electron chi connectivity index (χ1n) is 18.4. The minimum atomic E-state index is 1.14. The van der Waals surface area contributed by atoms with Gasteiger partial charge in [-0.05, 0) is 115 Å². The second kappa shape index (κ2) is 11.3. The van der Waals surface area contributed by atoms with E-state index in [0.717, 1.165) is 11.4 Å². The zero-order valence-corrected chi connectivity index (χ0v) is 29.6. The maximum Gasteiger partial charge on any atom is 0.0541 e. The van der Waals surface area contributed by atoms with Crippen LogP contribution >= 0.6 is 0 Å². The maximum absolute atomic E-state index is 2.42. The summed E-state index contributed by atoms with van der Waals surface area (Å²) in [5.74, 6) is 0. The quantitative estimate of drug-likeness (QED) is 0.176. The fourth-order valence-corrected chi connectivity index (χ4v) is 8.91. The first-order chi connectivity index (χ1) is 26.1. The fraction of sp³-hybridized carbons (Fsp3) is 0.0400. The van der Waals surface area contributed by atoms with Crippen LogP contribution in [-0.2, 0) is 0 Å². The van der Waals surface area contributed by atoms with Crippen LogP contribution in [0.2, 0.25) is 0 Å². The lowest BCUT2D eigenvalue weighted by molar-refractivity contribution is 1.13. The van der Waals surface area contributed by atoms with E-state index < -0.39 is 0 Å². The molecular formula is C50H35N3. The number of para-hydroxylation sites is 4. The van der Waals surface area contributed by atoms with Crippen LogP contribution < -0.4 is 0 Å². The maximum atomic E-state index is 2.42. The third kappa shape index (κ3) is 4.47. The topological polar surface area (TPSA) is 14.8 Å². The van der Waals surface area contributed by atoms with Crippen LogP contribution in [-0.4, -0.2) is 13.7 Å². The smallest absolute Gasteiger partial charge is 0.0541 e. The molecule has 8 aromatic carbocycles. The number of nitrogens with zero attached hydrogens (tertiary/aromatic N) is 3. The molecule has 0 aliphatic carbocycles. The average Bonchev–Trinajstić information content (AvgIpc) is 3.83. The lowest BCUT2D eigenvalue weighted by Crippen LogP contribution is -1.98. The molecule has 0 aliphatic heterocycles. The van der Waals surface area contributed by atoms with E-state index in [-0.39, 0.29) is 0 Å². The average molecular weight is 678 g/mol. The summed E-state index contributed by atoms with van der Waals surface area (Å²) >= 11 is 0. The fourth-order valence-electron chi connectivity index (χ4n) is 8.91. The summed E-state index contributed by atoms with van der Waals surface area (Å²) in [6.45, 7) is 4.36. The number of fused-ring (bicyclic) bond motifs is 9. The van der Waals surface area contributed by atoms with Crippen molar-refractivity contribution < 1.29 is 0 Å². The Balaban J connectivity index is 1.08. The lowest BCUT2D eigenvalue weighted by atomic mass is 10.0. The van der Waals surface area contributed by atoms with Crippen molar-refractivity contribution in [1.29, 1.82) is 0 Å². The van der Waals surface area contributed by atoms with Gasteiger partial charge in [-0.15, -0.1) is 0 Å². The molecule has 0 radical (unpaired) electrons. The van der Waals surface area contributed by atoms with Gasteiger partial charge in [0.1, 0.15) is 0 Å². The van der Waals surface area contributed by atoms with Gasteiger partial charge in [0.25, 0.3) is 0 Å². The molecule has 0 N–H and O–H groups in total. The molecule has 0 bridgehead atoms. The summed E-state index contributed by atoms with van der Waals surface area (Å²) in [6.07, 6.45) is 0. The van der Waals surface area contributed by atoms with E-state index in [2.05, 4.69) is 203 Å². The number of hydrogen-bond donors (Lipinski definition) is 0. The molecule has 3 aromatic heterocycles. The van der Waals surface area contributed by atoms with Gasteiger partial charge in [0.05, 0.1) is 33.1 Å². The lowest BCUT2D eigenvalue weighted by Gasteiger charge is -2.13. The molecule has 3 heteroatoms. The van der Waals surface area contributed by atoms with Crippen LogP contribution in [0.1, 0.15) is 11.1 Å². The Morgan fingerprint density at radius 3 is 1.06 bits per heavy atom. The SMILES string of the molecule is Cc1cc(C)cc(-n2c3ccccc3c3cc(-c4ccc5c(c4)c4ccccc4n5-c4cccc(-n5c6ccccc6c6ccccc65)c4)ccc32)c1. The van der Waals surface area contributed by atoms with Gasteiger partial charge in [0.2, 0.25) is 0 Å². The van der Waals surface area contributed by atoms with Crippen LogP contribution in [0.3, 0.4) is 0 Å². The molecule has 3 heterocycles. The first kappa shape index (κ1) is 29.8. The molecule has 250 valence electrons. The molecule has 53 heavy (non-hydrogen) atoms. The molecule has 0 spiro atoms. The van der Waals surface area contributed by atoms with Crippen molar-refractivity contribution in [3.05, 3.63) is 187 Å². The summed E-state index contributed by atoms with van der Waals surface area (Å²) < 4.78 is 7.23. The first-order valence-corrected chi connectivity index (χ1v) is 18.4. The van der Waals surface area contributed by atoms with Crippen molar-refractivity contribution in [2.24, 2.45) is 0 Å². The number of rotatable bonds is 4. The van der Waals surface area contributed by atoms with Gasteiger partial charge in [-0.1, -0.05) is 97.1 Å². The number of hydrogen-bond acceptors (Lipinski definition) is 0. The molecule has 0 saturated heterocycles. The minimum Gasteiger partial charge on any atom is -0.309 e. The van der Waals surface area contributed by atoms with E-state index in [1.54, 1.807) is 0 Å². The molecule has 0 saturated carbocycles. The van der Waals surface area contributed by atoms with Gasteiger partial charge in [-0.3, -0.25) is 0 Å². The largest absolute Gasteiger partial charge is 0.309 e. The molecule has 11 aromatic rings. The highest BCUT2D eigenvalue weighted by Crippen LogP contribution is 2.39. The van der Waals surface area contributed by atoms with Crippen molar-refractivity contribution in [1.82, 2.24) is 13.7 Å². The molecular weight excluding hydrogens is 643 g/mol. The van der Waals surface area contributed by atoms with Gasteiger partial charge in [-0.25, -0.2) is 0 Å². The number of benzene rings is 8. The van der Waals surface area contributed by atoms with E-state index in [1.807, 2.05) is 0 Å². The van der Waals surface area contributed by atoms with E-state index >= 15 is 0 Å². The molecule has 0 amide bonds. The van der Waals surface area contributed by atoms with Crippen molar-refractivity contribution >= 4 is 65.4 Å². The van der Waals surface area contributed by atoms with E-state index in [1.165, 1.54) is 93.4 Å². The third-order valence-corrected chi connectivity index (χ3v) is 11.1. The standard InChI is InChI=1S/C50H35N3/c1-32-26-33(2)28-38(27-32)53-48-21-10-6-17-42(48)44-30-35(23-25-50(44)53)34-22-24-49-43(29-34)41-16-5-9-20-47(41)52(49)37-13-11-12-36(31-37)51-45-18-7-3-14-39(45)40-15-4-8-19-46(40)51/h3-31H,1-2H3. The summed E-state index contributed by atoms with van der Waals surface area (Å²) in [5.41, 5.74) is 15.7. The summed E-state index contributed by atoms with van der Waals surface area (Å²) in [6, 6.07) is 64.8. The number of aromatic nitrogens is 3. The van der Waals surface area contributed by atoms with E-state index in [9.17, 15) is 0 Å². The molecule has 0 fully saturated rings. The normalized spacial score (nSPS) is 12.0. The van der Waals surface area contributed by atoms with Gasteiger partial charge < -0.3 is 13.7 Å². The Kier molecular flexibility index (Phi) is 6.38. The van der Waals surface area contributed by atoms with Crippen molar-refractivity contribution in [3.8, 4) is 28.2 Å². The molecule has 11 rings (SSSR count). The Bertz CT molecular complexity index is 3180. The highest BCUT2D eigenvalue weighted by atomic mass is 15.0. The Morgan fingerprint density at radius 1 is 0.264 bits per heavy atom. The van der Waals surface area contributed by atoms with E-state index in [0.29, 0.717) is 0 Å². The van der Waals surface area contributed by atoms with Crippen molar-refractivity contribution in [3.63, 3.8) is 0 Å². The van der Waals surface area contributed by atoms with Gasteiger partial charge >= 0.3 is 0 Å². The minimum absolute atomic E-state index is 1.14. The molecule has 0 aliphatic rings. The summed E-state index contributed by atoms with van der Waals surface area (Å²) in [7, 11) is 0. The highest BCUT2D eigenvalue weighted by Gasteiger charge is 2.18. The van der Waals surface area contributed by atoms with Gasteiger partial charge in [0, 0.05) is 49.4 Å². The summed E-state index contributed by atoms with van der Waals surface area (Å²) in [4.78, 5) is 0. The second-order valence-electron chi connectivity index (χ2n) is 14.4. The highest BCUT2D eigenvalue weighted by molar-refractivity contribution is 6.13. The summed E-state index contributed by atoms with van der Waals surface area (Å²) in [5, 5.41) is 7.57. The van der Waals surface area contributed by atoms with Crippen molar-refractivity contribution in [2.45, 2.75) is 13.8 Å². The third-order valence-electron chi connectivity index (χ3n) is 11.1. The van der Waals surface area contributed by atoms with Crippen LogP contribution in [0.15, 0.2) is 176 Å². The zero-order valence-electron chi connectivity index (χ0n) is 29.6. The Hall–Kier alpha value is -6.84. The van der Waals surface area contributed by atoms with Crippen molar-refractivity contribution in [2.75, 3.05) is 0 Å². The van der Waals surface area contributed by atoms with Gasteiger partial charge in [-0.2, -0.15) is 0 Å². The number of aryl methyl sites for hydroxylation is 2. The van der Waals surface area contributed by atoms with Crippen LogP contribution in [0.4, 0.5) is 0 Å². The predicted octanol–water partition coefficient (Wildman–Crippen LogP) is 13.3. The molecule has 0 atom stereocenters. The zero-order chi connectivity index (χ0) is 35.2. The molecule has 3 nitrogen and oxygen atoms in total. The second-order valence-corrected chi connectivity index (χ2v) is 14.4. The van der Waals surface area contributed by atoms with Crippen LogP contribution in [0.5, 0.6) is 0 Å². The van der Waals surface area contributed by atoms with E-state index in [4.69, 9.17) is 0 Å².